The van der Waals surface area contributed by atoms with E-state index in [0.717, 1.165) is 25.3 Å². The average Bonchev–Trinajstić information content (AvgIpc) is 2.99. The maximum absolute atomic E-state index is 11.6. The third kappa shape index (κ3) is 3.56. The number of allylic oxidation sites excluding steroid dienone is 2. The lowest BCUT2D eigenvalue weighted by molar-refractivity contribution is -0.121. The summed E-state index contributed by atoms with van der Waals surface area (Å²) in [6.45, 7) is 5.33. The van der Waals surface area contributed by atoms with Crippen LogP contribution in [0.25, 0.3) is 0 Å². The normalized spacial score (nSPS) is 30.8. The van der Waals surface area contributed by atoms with Crippen LogP contribution < -0.4 is 11.1 Å². The van der Waals surface area contributed by atoms with Crippen molar-refractivity contribution in [1.29, 1.82) is 0 Å². The number of primary amides is 1. The number of rotatable bonds is 5. The second kappa shape index (κ2) is 5.21. The van der Waals surface area contributed by atoms with Crippen molar-refractivity contribution >= 4 is 5.91 Å². The monoisotopic (exact) mass is 236 g/mol. The number of hydrogen-bond acceptors (Lipinski definition) is 2. The van der Waals surface area contributed by atoms with Gasteiger partial charge in [0.05, 0.1) is 6.04 Å². The highest BCUT2D eigenvalue weighted by Crippen LogP contribution is 2.31. The van der Waals surface area contributed by atoms with Gasteiger partial charge in [-0.3, -0.25) is 4.79 Å². The SMILES string of the molecule is CC1=CC(C)CC(C(NCC2CC2)C(N)=O)C1. The molecule has 96 valence electrons. The van der Waals surface area contributed by atoms with Crippen LogP contribution >= 0.6 is 0 Å². The van der Waals surface area contributed by atoms with Crippen molar-refractivity contribution in [2.24, 2.45) is 23.5 Å². The maximum atomic E-state index is 11.6. The predicted molar refractivity (Wildman–Crippen MR) is 69.4 cm³/mol. The molecule has 0 bridgehead atoms. The zero-order valence-electron chi connectivity index (χ0n) is 10.9. The molecule has 1 fully saturated rings. The molecule has 2 rings (SSSR count). The van der Waals surface area contributed by atoms with Crippen LogP contribution in [0.5, 0.6) is 0 Å². The summed E-state index contributed by atoms with van der Waals surface area (Å²) in [6.07, 6.45) is 7.00. The number of carbonyl (C=O) groups is 1. The fourth-order valence-electron chi connectivity index (χ4n) is 2.97. The molecule has 1 amide bonds. The lowest BCUT2D eigenvalue weighted by Crippen LogP contribution is -2.48. The fourth-order valence-corrected chi connectivity index (χ4v) is 2.97. The molecular weight excluding hydrogens is 212 g/mol. The first-order chi connectivity index (χ1) is 8.06. The Balaban J connectivity index is 1.94. The molecule has 2 aliphatic carbocycles. The Morgan fingerprint density at radius 1 is 1.59 bits per heavy atom. The van der Waals surface area contributed by atoms with E-state index in [1.54, 1.807) is 0 Å². The quantitative estimate of drug-likeness (QED) is 0.716. The van der Waals surface area contributed by atoms with Crippen molar-refractivity contribution in [2.75, 3.05) is 6.54 Å². The summed E-state index contributed by atoms with van der Waals surface area (Å²) < 4.78 is 0. The molecule has 0 heterocycles. The molecule has 3 nitrogen and oxygen atoms in total. The molecule has 0 aromatic carbocycles. The van der Waals surface area contributed by atoms with Gasteiger partial charge in [-0.25, -0.2) is 0 Å². The standard InChI is InChI=1S/C14H24N2O/c1-9-5-10(2)7-12(6-9)13(14(15)17)16-8-11-3-4-11/h5,9,11-13,16H,3-4,6-8H2,1-2H3,(H2,15,17). The van der Waals surface area contributed by atoms with Crippen molar-refractivity contribution in [3.63, 3.8) is 0 Å². The van der Waals surface area contributed by atoms with Crippen molar-refractivity contribution < 1.29 is 4.79 Å². The number of nitrogens with two attached hydrogens (primary N) is 1. The Hall–Kier alpha value is -0.830. The molecule has 17 heavy (non-hydrogen) atoms. The first-order valence-corrected chi connectivity index (χ1v) is 6.76. The maximum Gasteiger partial charge on any atom is 0.234 e. The van der Waals surface area contributed by atoms with Crippen LogP contribution in [0.2, 0.25) is 0 Å². The van der Waals surface area contributed by atoms with E-state index in [1.807, 2.05) is 0 Å². The molecular formula is C14H24N2O. The van der Waals surface area contributed by atoms with Gasteiger partial charge in [-0.05, 0) is 56.9 Å². The molecule has 3 unspecified atom stereocenters. The van der Waals surface area contributed by atoms with Crippen LogP contribution in [0.15, 0.2) is 11.6 Å². The topological polar surface area (TPSA) is 55.1 Å². The van der Waals surface area contributed by atoms with Gasteiger partial charge in [-0.1, -0.05) is 18.6 Å². The molecule has 0 radical (unpaired) electrons. The van der Waals surface area contributed by atoms with Crippen LogP contribution in [-0.2, 0) is 4.79 Å². The Kier molecular flexibility index (Phi) is 3.87. The second-order valence-electron chi connectivity index (χ2n) is 5.92. The molecule has 3 atom stereocenters. The van der Waals surface area contributed by atoms with Crippen LogP contribution in [-0.4, -0.2) is 18.5 Å². The summed E-state index contributed by atoms with van der Waals surface area (Å²) in [5.41, 5.74) is 6.94. The second-order valence-corrected chi connectivity index (χ2v) is 5.92. The van der Waals surface area contributed by atoms with Gasteiger partial charge >= 0.3 is 0 Å². The number of carbonyl (C=O) groups excluding carboxylic acids is 1. The van der Waals surface area contributed by atoms with E-state index in [0.29, 0.717) is 11.8 Å². The van der Waals surface area contributed by atoms with Gasteiger partial charge in [0.25, 0.3) is 0 Å². The van der Waals surface area contributed by atoms with E-state index in [4.69, 9.17) is 5.73 Å². The first-order valence-electron chi connectivity index (χ1n) is 6.76. The molecule has 3 N–H and O–H groups in total. The van der Waals surface area contributed by atoms with Gasteiger partial charge in [0.2, 0.25) is 5.91 Å². The van der Waals surface area contributed by atoms with Crippen molar-refractivity contribution in [3.05, 3.63) is 11.6 Å². The Morgan fingerprint density at radius 3 is 2.82 bits per heavy atom. The third-order valence-electron chi connectivity index (χ3n) is 3.93. The molecule has 3 heteroatoms. The summed E-state index contributed by atoms with van der Waals surface area (Å²) in [5.74, 6) is 1.55. The van der Waals surface area contributed by atoms with E-state index >= 15 is 0 Å². The Labute approximate surface area is 104 Å². The number of amides is 1. The highest BCUT2D eigenvalue weighted by molar-refractivity contribution is 5.80. The van der Waals surface area contributed by atoms with Gasteiger partial charge in [0.15, 0.2) is 0 Å². The number of nitrogens with one attached hydrogen (secondary N) is 1. The van der Waals surface area contributed by atoms with Gasteiger partial charge in [0, 0.05) is 0 Å². The molecule has 0 aromatic heterocycles. The van der Waals surface area contributed by atoms with E-state index in [-0.39, 0.29) is 11.9 Å². The first kappa shape index (κ1) is 12.6. The van der Waals surface area contributed by atoms with Crippen LogP contribution in [0, 0.1) is 17.8 Å². The van der Waals surface area contributed by atoms with Crippen molar-refractivity contribution in [1.82, 2.24) is 5.32 Å². The van der Waals surface area contributed by atoms with Crippen LogP contribution in [0.3, 0.4) is 0 Å². The van der Waals surface area contributed by atoms with E-state index < -0.39 is 0 Å². The van der Waals surface area contributed by atoms with Crippen LogP contribution in [0.4, 0.5) is 0 Å². The summed E-state index contributed by atoms with van der Waals surface area (Å²) in [6, 6.07) is -0.137. The molecule has 0 saturated heterocycles. The summed E-state index contributed by atoms with van der Waals surface area (Å²) >= 11 is 0. The summed E-state index contributed by atoms with van der Waals surface area (Å²) in [5, 5.41) is 3.39. The molecule has 2 aliphatic rings. The predicted octanol–water partition coefficient (Wildman–Crippen LogP) is 1.83. The Bertz CT molecular complexity index is 320. The Morgan fingerprint density at radius 2 is 2.29 bits per heavy atom. The lowest BCUT2D eigenvalue weighted by Gasteiger charge is -2.31. The molecule has 0 aromatic rings. The highest BCUT2D eigenvalue weighted by Gasteiger charge is 2.31. The molecule has 0 aliphatic heterocycles. The lowest BCUT2D eigenvalue weighted by atomic mass is 9.79. The minimum absolute atomic E-state index is 0.137. The van der Waals surface area contributed by atoms with Gasteiger partial charge < -0.3 is 11.1 Å². The van der Waals surface area contributed by atoms with Gasteiger partial charge in [-0.15, -0.1) is 0 Å². The highest BCUT2D eigenvalue weighted by atomic mass is 16.1. The minimum atomic E-state index is -0.183. The minimum Gasteiger partial charge on any atom is -0.368 e. The van der Waals surface area contributed by atoms with Crippen molar-refractivity contribution in [2.45, 2.75) is 45.6 Å². The zero-order valence-corrected chi connectivity index (χ0v) is 10.9. The van der Waals surface area contributed by atoms with E-state index in [9.17, 15) is 4.79 Å². The largest absolute Gasteiger partial charge is 0.368 e. The van der Waals surface area contributed by atoms with Gasteiger partial charge in [-0.2, -0.15) is 0 Å². The summed E-state index contributed by atoms with van der Waals surface area (Å²) in [4.78, 5) is 11.6. The smallest absolute Gasteiger partial charge is 0.234 e. The van der Waals surface area contributed by atoms with Crippen molar-refractivity contribution in [3.8, 4) is 0 Å². The molecule has 1 saturated carbocycles. The number of hydrogen-bond donors (Lipinski definition) is 2. The summed E-state index contributed by atoms with van der Waals surface area (Å²) in [7, 11) is 0. The van der Waals surface area contributed by atoms with E-state index in [2.05, 4.69) is 25.2 Å². The van der Waals surface area contributed by atoms with Gasteiger partial charge in [0.1, 0.15) is 0 Å². The third-order valence-corrected chi connectivity index (χ3v) is 3.93. The van der Waals surface area contributed by atoms with Crippen LogP contribution in [0.1, 0.15) is 39.5 Å². The zero-order chi connectivity index (χ0) is 12.4. The van der Waals surface area contributed by atoms with E-state index in [1.165, 1.54) is 18.4 Å². The molecule has 0 spiro atoms. The fraction of sp³-hybridized carbons (Fsp3) is 0.786. The average molecular weight is 236 g/mol.